The number of aromatic nitrogens is 2. The number of nitrogens with zero attached hydrogens (tertiary/aromatic N) is 4. The third-order valence-corrected chi connectivity index (χ3v) is 8.04. The van der Waals surface area contributed by atoms with Gasteiger partial charge in [0.25, 0.3) is 0 Å². The number of amides is 1. The third kappa shape index (κ3) is 5.83. The number of benzene rings is 2. The molecule has 1 aliphatic rings. The van der Waals surface area contributed by atoms with E-state index >= 15 is 0 Å². The Hall–Kier alpha value is -2.95. The van der Waals surface area contributed by atoms with Gasteiger partial charge in [-0.3, -0.25) is 4.79 Å². The third-order valence-electron chi connectivity index (χ3n) is 5.91. The largest absolute Gasteiger partial charge is 0.496 e. The Morgan fingerprint density at radius 2 is 1.97 bits per heavy atom. The summed E-state index contributed by atoms with van der Waals surface area (Å²) in [5, 5.41) is 4.53. The molecule has 0 atom stereocenters. The maximum atomic E-state index is 12.9. The lowest BCUT2D eigenvalue weighted by Crippen LogP contribution is -2.28. The van der Waals surface area contributed by atoms with Crippen LogP contribution in [-0.4, -0.2) is 60.9 Å². The molecular formula is C24H27ClN4O5S. The number of carbonyl (C=O) groups excluding carboxylic acids is 1. The van der Waals surface area contributed by atoms with Gasteiger partial charge in [-0.05, 0) is 55.2 Å². The van der Waals surface area contributed by atoms with Crippen molar-refractivity contribution in [3.05, 3.63) is 58.9 Å². The predicted molar refractivity (Wildman–Crippen MR) is 131 cm³/mol. The first-order chi connectivity index (χ1) is 16.8. The van der Waals surface area contributed by atoms with Crippen LogP contribution in [0.15, 0.2) is 51.9 Å². The maximum absolute atomic E-state index is 12.9. The highest BCUT2D eigenvalue weighted by Gasteiger charge is 2.28. The highest BCUT2D eigenvalue weighted by Crippen LogP contribution is 2.27. The van der Waals surface area contributed by atoms with Crippen LogP contribution in [0.4, 0.5) is 0 Å². The molecule has 1 amide bonds. The number of halogens is 1. The van der Waals surface area contributed by atoms with Crippen molar-refractivity contribution in [3.8, 4) is 17.1 Å². The second-order valence-electron chi connectivity index (χ2n) is 8.36. The lowest BCUT2D eigenvalue weighted by Gasteiger charge is -2.18. The zero-order valence-corrected chi connectivity index (χ0v) is 21.2. The fourth-order valence-electron chi connectivity index (χ4n) is 3.98. The fraction of sp³-hybridized carbons (Fsp3) is 0.375. The first-order valence-corrected chi connectivity index (χ1v) is 13.1. The van der Waals surface area contributed by atoms with Crippen molar-refractivity contribution in [2.45, 2.75) is 37.1 Å². The summed E-state index contributed by atoms with van der Waals surface area (Å²) < 4.78 is 38.1. The number of ether oxygens (including phenoxy) is 1. The minimum Gasteiger partial charge on any atom is -0.496 e. The number of hydrogen-bond donors (Lipinski definition) is 0. The number of sulfonamides is 1. The summed E-state index contributed by atoms with van der Waals surface area (Å²) in [5.41, 5.74) is 1.38. The molecule has 0 saturated carbocycles. The van der Waals surface area contributed by atoms with Gasteiger partial charge in [-0.1, -0.05) is 28.9 Å². The van der Waals surface area contributed by atoms with Crippen molar-refractivity contribution < 1.29 is 22.5 Å². The SMILES string of the molecule is COc1ccc(S(=O)(=O)N2CCCC2)cc1CCC(=O)N(C)Cc1nc(-c2cccc(Cl)c2)no1. The topological polar surface area (TPSA) is 106 Å². The molecule has 186 valence electrons. The molecule has 0 radical (unpaired) electrons. The van der Waals surface area contributed by atoms with Crippen LogP contribution in [-0.2, 0) is 27.8 Å². The summed E-state index contributed by atoms with van der Waals surface area (Å²) in [6.45, 7) is 1.20. The molecule has 0 unspecified atom stereocenters. The minimum absolute atomic E-state index is 0.146. The molecule has 2 aromatic carbocycles. The van der Waals surface area contributed by atoms with Crippen molar-refractivity contribution in [1.29, 1.82) is 0 Å². The molecule has 0 N–H and O–H groups in total. The molecule has 1 aliphatic heterocycles. The smallest absolute Gasteiger partial charge is 0.246 e. The van der Waals surface area contributed by atoms with Gasteiger partial charge in [-0.15, -0.1) is 0 Å². The zero-order valence-electron chi connectivity index (χ0n) is 19.6. The summed E-state index contributed by atoms with van der Waals surface area (Å²) in [7, 11) is -0.386. The van der Waals surface area contributed by atoms with Gasteiger partial charge < -0.3 is 14.2 Å². The van der Waals surface area contributed by atoms with Gasteiger partial charge in [-0.25, -0.2) is 8.42 Å². The van der Waals surface area contributed by atoms with E-state index in [1.54, 1.807) is 43.4 Å². The summed E-state index contributed by atoms with van der Waals surface area (Å²) in [6, 6.07) is 11.9. The molecule has 1 fully saturated rings. The molecule has 0 aliphatic carbocycles. The number of methoxy groups -OCH3 is 1. The summed E-state index contributed by atoms with van der Waals surface area (Å²) in [4.78, 5) is 18.8. The van der Waals surface area contributed by atoms with E-state index < -0.39 is 10.0 Å². The Bertz CT molecular complexity index is 1300. The van der Waals surface area contributed by atoms with Crippen molar-refractivity contribution in [2.24, 2.45) is 0 Å². The van der Waals surface area contributed by atoms with Crippen LogP contribution in [0.5, 0.6) is 5.75 Å². The molecule has 0 spiro atoms. The number of rotatable bonds is 9. The Balaban J connectivity index is 1.40. The Labute approximate surface area is 209 Å². The molecule has 0 bridgehead atoms. The number of aryl methyl sites for hydroxylation is 1. The normalized spacial score (nSPS) is 14.3. The first kappa shape index (κ1) is 25.2. The summed E-state index contributed by atoms with van der Waals surface area (Å²) >= 11 is 6.02. The Morgan fingerprint density at radius 1 is 1.20 bits per heavy atom. The first-order valence-electron chi connectivity index (χ1n) is 11.3. The highest BCUT2D eigenvalue weighted by molar-refractivity contribution is 7.89. The molecule has 4 rings (SSSR count). The van der Waals surface area contributed by atoms with E-state index in [1.165, 1.54) is 16.3 Å². The maximum Gasteiger partial charge on any atom is 0.246 e. The summed E-state index contributed by atoms with van der Waals surface area (Å²) in [5.74, 6) is 1.09. The fourth-order valence-corrected chi connectivity index (χ4v) is 5.73. The molecule has 2 heterocycles. The Kier molecular flexibility index (Phi) is 7.73. The van der Waals surface area contributed by atoms with Gasteiger partial charge in [0.05, 0.1) is 18.6 Å². The molecule has 1 aromatic heterocycles. The van der Waals surface area contributed by atoms with Crippen LogP contribution in [0.25, 0.3) is 11.4 Å². The number of carbonyl (C=O) groups is 1. The van der Waals surface area contributed by atoms with Crippen LogP contribution >= 0.6 is 11.6 Å². The van der Waals surface area contributed by atoms with Crippen LogP contribution in [0.1, 0.15) is 30.7 Å². The van der Waals surface area contributed by atoms with E-state index in [-0.39, 0.29) is 23.8 Å². The van der Waals surface area contributed by atoms with Crippen molar-refractivity contribution in [3.63, 3.8) is 0 Å². The molecule has 3 aromatic rings. The molecule has 9 nitrogen and oxygen atoms in total. The molecule has 1 saturated heterocycles. The van der Waals surface area contributed by atoms with Gasteiger partial charge in [-0.2, -0.15) is 9.29 Å². The quantitative estimate of drug-likeness (QED) is 0.424. The molecule has 35 heavy (non-hydrogen) atoms. The zero-order chi connectivity index (χ0) is 25.0. The van der Waals surface area contributed by atoms with Gasteiger partial charge in [0.1, 0.15) is 5.75 Å². The standard InChI is InChI=1S/C24H27ClN4O5S/c1-28(16-22-26-24(27-34-22)18-6-5-7-19(25)14-18)23(30)11-8-17-15-20(9-10-21(17)33-2)35(31,32)29-12-3-4-13-29/h5-7,9-10,14-15H,3-4,8,11-13,16H2,1-2H3. The van der Waals surface area contributed by atoms with Gasteiger partial charge in [0.2, 0.25) is 27.6 Å². The van der Waals surface area contributed by atoms with Crippen molar-refractivity contribution >= 4 is 27.5 Å². The summed E-state index contributed by atoms with van der Waals surface area (Å²) in [6.07, 6.45) is 2.22. The second-order valence-corrected chi connectivity index (χ2v) is 10.7. The van der Waals surface area contributed by atoms with Crippen LogP contribution in [0, 0.1) is 0 Å². The lowest BCUT2D eigenvalue weighted by molar-refractivity contribution is -0.130. The van der Waals surface area contributed by atoms with Crippen molar-refractivity contribution in [1.82, 2.24) is 19.3 Å². The van der Waals surface area contributed by atoms with E-state index in [1.807, 2.05) is 6.07 Å². The average molecular weight is 519 g/mol. The Morgan fingerprint density at radius 3 is 2.69 bits per heavy atom. The second kappa shape index (κ2) is 10.8. The minimum atomic E-state index is -3.56. The van der Waals surface area contributed by atoms with Crippen molar-refractivity contribution in [2.75, 3.05) is 27.2 Å². The van der Waals surface area contributed by atoms with E-state index in [0.29, 0.717) is 47.6 Å². The van der Waals surface area contributed by atoms with E-state index in [9.17, 15) is 13.2 Å². The molecule has 11 heteroatoms. The van der Waals surface area contributed by atoms with E-state index in [0.717, 1.165) is 18.4 Å². The van der Waals surface area contributed by atoms with Gasteiger partial charge in [0, 0.05) is 37.1 Å². The monoisotopic (exact) mass is 518 g/mol. The highest BCUT2D eigenvalue weighted by atomic mass is 35.5. The lowest BCUT2D eigenvalue weighted by atomic mass is 10.1. The van der Waals surface area contributed by atoms with Crippen LogP contribution in [0.3, 0.4) is 0 Å². The van der Waals surface area contributed by atoms with Gasteiger partial charge >= 0.3 is 0 Å². The van der Waals surface area contributed by atoms with Crippen LogP contribution < -0.4 is 4.74 Å². The average Bonchev–Trinajstić information content (AvgIpc) is 3.55. The van der Waals surface area contributed by atoms with E-state index in [2.05, 4.69) is 10.1 Å². The number of hydrogen-bond acceptors (Lipinski definition) is 7. The predicted octanol–water partition coefficient (Wildman–Crippen LogP) is 3.77. The van der Waals surface area contributed by atoms with E-state index in [4.69, 9.17) is 20.9 Å². The molecular weight excluding hydrogens is 492 g/mol. The van der Waals surface area contributed by atoms with Gasteiger partial charge in [0.15, 0.2) is 0 Å². The van der Waals surface area contributed by atoms with Crippen LogP contribution in [0.2, 0.25) is 5.02 Å².